The van der Waals surface area contributed by atoms with Crippen LogP contribution < -0.4 is 10.6 Å². The predicted octanol–water partition coefficient (Wildman–Crippen LogP) is 0.203. The van der Waals surface area contributed by atoms with Crippen LogP contribution in [0.4, 0.5) is 0 Å². The van der Waals surface area contributed by atoms with E-state index in [0.717, 1.165) is 0 Å². The maximum absolute atomic E-state index is 12.0. The predicted molar refractivity (Wildman–Crippen MR) is 80.9 cm³/mol. The van der Waals surface area contributed by atoms with E-state index in [4.69, 9.17) is 4.74 Å². The Morgan fingerprint density at radius 3 is 2.57 bits per heavy atom. The fraction of sp³-hybridized carbons (Fsp3) is 0.500. The molecule has 0 bridgehead atoms. The van der Waals surface area contributed by atoms with Crippen LogP contribution in [0.1, 0.15) is 6.42 Å². The van der Waals surface area contributed by atoms with Crippen molar-refractivity contribution >= 4 is 15.7 Å². The summed E-state index contributed by atoms with van der Waals surface area (Å²) in [6.07, 6.45) is 0.390. The first-order valence-electron chi connectivity index (χ1n) is 6.80. The standard InChI is InChI=1S/C14H22N2O4S/c1-20-10-9-15-12-14(17)16-8-5-11-21(18,19)13-6-3-2-4-7-13/h2-4,6-7,15H,5,8-12H2,1H3,(H,16,17). The van der Waals surface area contributed by atoms with Crippen molar-refractivity contribution in [3.63, 3.8) is 0 Å². The highest BCUT2D eigenvalue weighted by atomic mass is 32.2. The lowest BCUT2D eigenvalue weighted by atomic mass is 10.4. The topological polar surface area (TPSA) is 84.5 Å². The van der Waals surface area contributed by atoms with E-state index in [-0.39, 0.29) is 18.2 Å². The highest BCUT2D eigenvalue weighted by Crippen LogP contribution is 2.10. The van der Waals surface area contributed by atoms with Gasteiger partial charge in [0.1, 0.15) is 0 Å². The van der Waals surface area contributed by atoms with Gasteiger partial charge in [0.15, 0.2) is 9.84 Å². The van der Waals surface area contributed by atoms with Gasteiger partial charge in [-0.2, -0.15) is 0 Å². The van der Waals surface area contributed by atoms with Gasteiger partial charge in [0.05, 0.1) is 23.8 Å². The molecule has 21 heavy (non-hydrogen) atoms. The van der Waals surface area contributed by atoms with Crippen molar-refractivity contribution in [1.29, 1.82) is 0 Å². The van der Waals surface area contributed by atoms with E-state index >= 15 is 0 Å². The van der Waals surface area contributed by atoms with Crippen LogP contribution in [0.5, 0.6) is 0 Å². The van der Waals surface area contributed by atoms with Crippen molar-refractivity contribution < 1.29 is 17.9 Å². The summed E-state index contributed by atoms with van der Waals surface area (Å²) in [6.45, 7) is 1.69. The van der Waals surface area contributed by atoms with Gasteiger partial charge in [0.2, 0.25) is 5.91 Å². The Morgan fingerprint density at radius 1 is 1.19 bits per heavy atom. The van der Waals surface area contributed by atoms with Crippen LogP contribution in [0.3, 0.4) is 0 Å². The molecule has 1 rings (SSSR count). The maximum atomic E-state index is 12.0. The lowest BCUT2D eigenvalue weighted by Crippen LogP contribution is -2.36. The summed E-state index contributed by atoms with van der Waals surface area (Å²) >= 11 is 0. The minimum Gasteiger partial charge on any atom is -0.383 e. The van der Waals surface area contributed by atoms with Gasteiger partial charge in [-0.15, -0.1) is 0 Å². The Morgan fingerprint density at radius 2 is 1.90 bits per heavy atom. The number of carbonyl (C=O) groups is 1. The fourth-order valence-electron chi connectivity index (χ4n) is 1.67. The quantitative estimate of drug-likeness (QED) is 0.603. The van der Waals surface area contributed by atoms with Crippen LogP contribution in [0, 0.1) is 0 Å². The molecule has 7 heteroatoms. The molecular formula is C14H22N2O4S. The zero-order chi connectivity index (χ0) is 15.6. The fourth-order valence-corrected chi connectivity index (χ4v) is 3.01. The molecule has 0 atom stereocenters. The third-order valence-electron chi connectivity index (χ3n) is 2.78. The second kappa shape index (κ2) is 9.49. The Hall–Kier alpha value is -1.44. The van der Waals surface area contributed by atoms with Crippen molar-refractivity contribution in [3.8, 4) is 0 Å². The van der Waals surface area contributed by atoms with Crippen LogP contribution in [0.25, 0.3) is 0 Å². The van der Waals surface area contributed by atoms with Crippen molar-refractivity contribution in [1.82, 2.24) is 10.6 Å². The zero-order valence-corrected chi connectivity index (χ0v) is 13.0. The molecule has 118 valence electrons. The smallest absolute Gasteiger partial charge is 0.233 e. The molecule has 0 spiro atoms. The largest absolute Gasteiger partial charge is 0.383 e. The lowest BCUT2D eigenvalue weighted by Gasteiger charge is -2.07. The van der Waals surface area contributed by atoms with Crippen LogP contribution in [0.15, 0.2) is 35.2 Å². The molecule has 0 unspecified atom stereocenters. The summed E-state index contributed by atoms with van der Waals surface area (Å²) in [5.74, 6) is -0.128. The molecule has 0 fully saturated rings. The van der Waals surface area contributed by atoms with E-state index < -0.39 is 9.84 Å². The van der Waals surface area contributed by atoms with Crippen molar-refractivity contribution in [2.45, 2.75) is 11.3 Å². The van der Waals surface area contributed by atoms with Gasteiger partial charge >= 0.3 is 0 Å². The molecule has 6 nitrogen and oxygen atoms in total. The Balaban J connectivity index is 2.20. The van der Waals surface area contributed by atoms with Gasteiger partial charge in [-0.1, -0.05) is 18.2 Å². The number of hydrogen-bond donors (Lipinski definition) is 2. The van der Waals surface area contributed by atoms with Crippen molar-refractivity contribution in [2.75, 3.05) is 39.1 Å². The SMILES string of the molecule is COCCNCC(=O)NCCCS(=O)(=O)c1ccccc1. The van der Waals surface area contributed by atoms with Gasteiger partial charge < -0.3 is 15.4 Å². The van der Waals surface area contributed by atoms with Crippen LogP contribution in [0.2, 0.25) is 0 Å². The molecule has 0 aromatic heterocycles. The number of carbonyl (C=O) groups excluding carboxylic acids is 1. The normalized spacial score (nSPS) is 11.3. The summed E-state index contributed by atoms with van der Waals surface area (Å²) in [5.41, 5.74) is 0. The maximum Gasteiger partial charge on any atom is 0.233 e. The summed E-state index contributed by atoms with van der Waals surface area (Å²) in [7, 11) is -1.67. The zero-order valence-electron chi connectivity index (χ0n) is 12.2. The minimum absolute atomic E-state index is 0.0222. The molecule has 1 amide bonds. The summed E-state index contributed by atoms with van der Waals surface area (Å²) < 4.78 is 28.8. The molecule has 0 saturated carbocycles. The average molecular weight is 314 g/mol. The highest BCUT2D eigenvalue weighted by molar-refractivity contribution is 7.91. The number of ether oxygens (including phenoxy) is 1. The third kappa shape index (κ3) is 7.22. The van der Waals surface area contributed by atoms with Crippen molar-refractivity contribution in [3.05, 3.63) is 30.3 Å². The first kappa shape index (κ1) is 17.6. The van der Waals surface area contributed by atoms with Crippen LogP contribution >= 0.6 is 0 Å². The van der Waals surface area contributed by atoms with E-state index in [2.05, 4.69) is 10.6 Å². The number of methoxy groups -OCH3 is 1. The number of rotatable bonds is 10. The molecule has 0 aliphatic rings. The van der Waals surface area contributed by atoms with Gasteiger partial charge in [-0.25, -0.2) is 8.42 Å². The Kier molecular flexibility index (Phi) is 7.96. The number of nitrogens with one attached hydrogen (secondary N) is 2. The monoisotopic (exact) mass is 314 g/mol. The number of hydrogen-bond acceptors (Lipinski definition) is 5. The molecule has 0 aliphatic heterocycles. The van der Waals surface area contributed by atoms with E-state index in [0.29, 0.717) is 31.0 Å². The summed E-state index contributed by atoms with van der Waals surface area (Å²) in [6, 6.07) is 8.32. The first-order valence-corrected chi connectivity index (χ1v) is 8.45. The second-order valence-electron chi connectivity index (χ2n) is 4.51. The summed E-state index contributed by atoms with van der Waals surface area (Å²) in [4.78, 5) is 11.8. The average Bonchev–Trinajstić information content (AvgIpc) is 2.49. The number of amides is 1. The van der Waals surface area contributed by atoms with Crippen molar-refractivity contribution in [2.24, 2.45) is 0 Å². The first-order chi connectivity index (χ1) is 10.1. The second-order valence-corrected chi connectivity index (χ2v) is 6.61. The van der Waals surface area contributed by atoms with E-state index in [1.54, 1.807) is 37.4 Å². The molecule has 2 N–H and O–H groups in total. The molecular weight excluding hydrogens is 292 g/mol. The third-order valence-corrected chi connectivity index (χ3v) is 4.60. The van der Waals surface area contributed by atoms with E-state index in [9.17, 15) is 13.2 Å². The Bertz CT molecular complexity index is 517. The molecule has 0 saturated heterocycles. The highest BCUT2D eigenvalue weighted by Gasteiger charge is 2.13. The molecule has 1 aromatic rings. The van der Waals surface area contributed by atoms with Gasteiger partial charge in [0, 0.05) is 20.2 Å². The molecule has 0 heterocycles. The van der Waals surface area contributed by atoms with Gasteiger partial charge in [0.25, 0.3) is 0 Å². The molecule has 0 radical (unpaired) electrons. The summed E-state index contributed by atoms with van der Waals surface area (Å²) in [5, 5.41) is 5.59. The van der Waals surface area contributed by atoms with Crippen LogP contribution in [-0.4, -0.2) is 53.4 Å². The number of sulfone groups is 1. The molecule has 1 aromatic carbocycles. The molecule has 0 aliphatic carbocycles. The Labute approximate surface area is 125 Å². The van der Waals surface area contributed by atoms with Gasteiger partial charge in [-0.05, 0) is 18.6 Å². The van der Waals surface area contributed by atoms with E-state index in [1.807, 2.05) is 0 Å². The lowest BCUT2D eigenvalue weighted by molar-refractivity contribution is -0.120. The van der Waals surface area contributed by atoms with Crippen LogP contribution in [-0.2, 0) is 19.4 Å². The van der Waals surface area contributed by atoms with Gasteiger partial charge in [-0.3, -0.25) is 4.79 Å². The number of benzene rings is 1. The van der Waals surface area contributed by atoms with E-state index in [1.165, 1.54) is 0 Å². The minimum atomic E-state index is -3.27.